The molecule has 0 N–H and O–H groups in total. The molecule has 2 aromatic carbocycles. The van der Waals surface area contributed by atoms with Crippen LogP contribution in [0.25, 0.3) is 0 Å². The van der Waals surface area contributed by atoms with E-state index in [-0.39, 0.29) is 0 Å². The Morgan fingerprint density at radius 1 is 1.20 bits per heavy atom. The number of halogens is 1. The number of ether oxygens (including phenoxy) is 1. The van der Waals surface area contributed by atoms with Gasteiger partial charge in [-0.2, -0.15) is 5.26 Å². The Morgan fingerprint density at radius 2 is 1.88 bits per heavy atom. The number of nitriles is 1. The third-order valence-electron chi connectivity index (χ3n) is 2.95. The molecule has 0 bridgehead atoms. The maximum Gasteiger partial charge on any atom is 0.244 e. The van der Waals surface area contributed by atoms with Crippen LogP contribution in [0.15, 0.2) is 59.9 Å². The molecule has 2 aromatic rings. The van der Waals surface area contributed by atoms with Crippen molar-refractivity contribution in [3.8, 4) is 17.6 Å². The first-order valence-electron chi connectivity index (χ1n) is 7.66. The van der Waals surface area contributed by atoms with Crippen molar-refractivity contribution in [2.45, 2.75) is 19.6 Å². The van der Waals surface area contributed by atoms with E-state index in [0.29, 0.717) is 22.9 Å². The molecular formula is C19H19IN2O2Si. The van der Waals surface area contributed by atoms with E-state index in [2.05, 4.69) is 59.9 Å². The fraction of sp³-hybridized carbons (Fsp3) is 0.158. The molecule has 0 atom stereocenters. The SMILES string of the molecule is C=C(/N=C/c1cc(I)ccc1Oc1ccc(C#N)cc1)O[Si](C)(C)C. The summed E-state index contributed by atoms with van der Waals surface area (Å²) in [7, 11) is -1.73. The summed E-state index contributed by atoms with van der Waals surface area (Å²) in [6.45, 7) is 10.1. The molecule has 0 saturated heterocycles. The molecule has 0 amide bonds. The summed E-state index contributed by atoms with van der Waals surface area (Å²) in [5.41, 5.74) is 1.42. The van der Waals surface area contributed by atoms with Gasteiger partial charge in [-0.15, -0.1) is 0 Å². The van der Waals surface area contributed by atoms with E-state index in [1.165, 1.54) is 0 Å². The summed E-state index contributed by atoms with van der Waals surface area (Å²) in [5, 5.41) is 8.87. The Labute approximate surface area is 163 Å². The highest BCUT2D eigenvalue weighted by atomic mass is 127. The smallest absolute Gasteiger partial charge is 0.244 e. The molecule has 128 valence electrons. The highest BCUT2D eigenvalue weighted by Gasteiger charge is 2.16. The summed E-state index contributed by atoms with van der Waals surface area (Å²) in [4.78, 5) is 4.32. The molecular weight excluding hydrogens is 443 g/mol. The van der Waals surface area contributed by atoms with Crippen LogP contribution in [0.3, 0.4) is 0 Å². The average molecular weight is 462 g/mol. The van der Waals surface area contributed by atoms with Crippen molar-refractivity contribution in [2.75, 3.05) is 0 Å². The number of nitrogens with zero attached hydrogens (tertiary/aromatic N) is 2. The monoisotopic (exact) mass is 462 g/mol. The lowest BCUT2D eigenvalue weighted by Gasteiger charge is -2.18. The van der Waals surface area contributed by atoms with E-state index < -0.39 is 8.32 Å². The van der Waals surface area contributed by atoms with Crippen LogP contribution in [0.2, 0.25) is 19.6 Å². The zero-order valence-corrected chi connectivity index (χ0v) is 17.6. The molecule has 0 heterocycles. The zero-order chi connectivity index (χ0) is 18.4. The van der Waals surface area contributed by atoms with Gasteiger partial charge in [0.15, 0.2) is 5.88 Å². The standard InChI is InChI=1S/C19H19IN2O2Si/c1-14(24-25(2,3)4)22-13-16-11-17(20)7-10-19(16)23-18-8-5-15(12-21)6-9-18/h5-11,13H,1H2,2-4H3/b22-13+. The number of benzene rings is 2. The van der Waals surface area contributed by atoms with Crippen LogP contribution in [0.4, 0.5) is 0 Å². The van der Waals surface area contributed by atoms with Crippen molar-refractivity contribution in [1.82, 2.24) is 0 Å². The van der Waals surface area contributed by atoms with Gasteiger partial charge in [-0.3, -0.25) is 0 Å². The maximum absolute atomic E-state index is 8.87. The van der Waals surface area contributed by atoms with Gasteiger partial charge >= 0.3 is 0 Å². The molecule has 4 nitrogen and oxygen atoms in total. The van der Waals surface area contributed by atoms with Crippen LogP contribution in [0.5, 0.6) is 11.5 Å². The van der Waals surface area contributed by atoms with Crippen molar-refractivity contribution in [1.29, 1.82) is 5.26 Å². The highest BCUT2D eigenvalue weighted by molar-refractivity contribution is 14.1. The Balaban J connectivity index is 2.22. The van der Waals surface area contributed by atoms with Gasteiger partial charge in [-0.1, -0.05) is 0 Å². The third-order valence-corrected chi connectivity index (χ3v) is 4.47. The summed E-state index contributed by atoms with van der Waals surface area (Å²) in [6.07, 6.45) is 1.70. The van der Waals surface area contributed by atoms with Crippen LogP contribution >= 0.6 is 22.6 Å². The predicted molar refractivity (Wildman–Crippen MR) is 112 cm³/mol. The summed E-state index contributed by atoms with van der Waals surface area (Å²) in [6, 6.07) is 14.9. The van der Waals surface area contributed by atoms with E-state index >= 15 is 0 Å². The van der Waals surface area contributed by atoms with Crippen LogP contribution in [0, 0.1) is 14.9 Å². The maximum atomic E-state index is 8.87. The van der Waals surface area contributed by atoms with E-state index in [9.17, 15) is 0 Å². The normalized spacial score (nSPS) is 11.2. The Kier molecular flexibility index (Phi) is 6.39. The number of hydrogen-bond acceptors (Lipinski definition) is 4. The van der Waals surface area contributed by atoms with Gasteiger partial charge in [0, 0.05) is 15.3 Å². The van der Waals surface area contributed by atoms with Crippen molar-refractivity contribution in [3.63, 3.8) is 0 Å². The molecule has 0 saturated carbocycles. The molecule has 0 aliphatic rings. The average Bonchev–Trinajstić information content (AvgIpc) is 2.54. The molecule has 0 aliphatic carbocycles. The molecule has 0 aromatic heterocycles. The van der Waals surface area contributed by atoms with E-state index in [0.717, 1.165) is 9.13 Å². The second kappa shape index (κ2) is 8.32. The fourth-order valence-corrected chi connectivity index (χ4v) is 3.23. The van der Waals surface area contributed by atoms with Gasteiger partial charge in [0.25, 0.3) is 0 Å². The van der Waals surface area contributed by atoms with Gasteiger partial charge in [-0.05, 0) is 91.3 Å². The number of aliphatic imine (C=N–C) groups is 1. The first-order chi connectivity index (χ1) is 11.8. The minimum absolute atomic E-state index is 0.405. The first-order valence-corrected chi connectivity index (χ1v) is 12.1. The lowest BCUT2D eigenvalue weighted by atomic mass is 10.2. The molecule has 25 heavy (non-hydrogen) atoms. The van der Waals surface area contributed by atoms with Gasteiger partial charge in [0.2, 0.25) is 8.32 Å². The topological polar surface area (TPSA) is 54.6 Å². The predicted octanol–water partition coefficient (Wildman–Crippen LogP) is 5.70. The third kappa shape index (κ3) is 6.36. The first kappa shape index (κ1) is 19.2. The van der Waals surface area contributed by atoms with Crippen molar-refractivity contribution >= 4 is 37.1 Å². The molecule has 0 fully saturated rings. The largest absolute Gasteiger partial charge is 0.532 e. The van der Waals surface area contributed by atoms with E-state index in [1.807, 2.05) is 18.2 Å². The molecule has 2 rings (SSSR count). The van der Waals surface area contributed by atoms with Gasteiger partial charge < -0.3 is 9.16 Å². The Morgan fingerprint density at radius 3 is 2.48 bits per heavy atom. The summed E-state index contributed by atoms with van der Waals surface area (Å²) in [5.74, 6) is 1.74. The second-order valence-electron chi connectivity index (χ2n) is 6.29. The number of hydrogen-bond donors (Lipinski definition) is 0. The van der Waals surface area contributed by atoms with Crippen LogP contribution in [0.1, 0.15) is 11.1 Å². The summed E-state index contributed by atoms with van der Waals surface area (Å²) >= 11 is 2.24. The van der Waals surface area contributed by atoms with Gasteiger partial charge in [0.1, 0.15) is 11.5 Å². The second-order valence-corrected chi connectivity index (χ2v) is 12.0. The fourth-order valence-electron chi connectivity index (χ4n) is 1.96. The molecule has 0 aliphatic heterocycles. The minimum Gasteiger partial charge on any atom is -0.532 e. The Hall–Kier alpha value is -2.11. The number of rotatable bonds is 6. The molecule has 6 heteroatoms. The van der Waals surface area contributed by atoms with Crippen LogP contribution in [-0.4, -0.2) is 14.5 Å². The van der Waals surface area contributed by atoms with Crippen molar-refractivity contribution < 1.29 is 9.16 Å². The van der Waals surface area contributed by atoms with E-state index in [1.54, 1.807) is 30.5 Å². The zero-order valence-electron chi connectivity index (χ0n) is 14.4. The molecule has 0 radical (unpaired) electrons. The summed E-state index contributed by atoms with van der Waals surface area (Å²) < 4.78 is 12.8. The lowest BCUT2D eigenvalue weighted by Crippen LogP contribution is -2.24. The van der Waals surface area contributed by atoms with Crippen LogP contribution in [-0.2, 0) is 4.43 Å². The van der Waals surface area contributed by atoms with E-state index in [4.69, 9.17) is 14.4 Å². The van der Waals surface area contributed by atoms with Crippen molar-refractivity contribution in [3.05, 3.63) is 69.6 Å². The minimum atomic E-state index is -1.73. The molecule has 0 spiro atoms. The molecule has 0 unspecified atom stereocenters. The van der Waals surface area contributed by atoms with Gasteiger partial charge in [0.05, 0.1) is 11.6 Å². The quantitative estimate of drug-likeness (QED) is 0.240. The van der Waals surface area contributed by atoms with Gasteiger partial charge in [-0.25, -0.2) is 4.99 Å². The van der Waals surface area contributed by atoms with Crippen molar-refractivity contribution in [2.24, 2.45) is 4.99 Å². The highest BCUT2D eigenvalue weighted by Crippen LogP contribution is 2.26. The van der Waals surface area contributed by atoms with Crippen LogP contribution < -0.4 is 4.74 Å². The Bertz CT molecular complexity index is 834. The lowest BCUT2D eigenvalue weighted by molar-refractivity contribution is 0.421.